The molecule has 1 rings (SSSR count). The number of carbonyl (C=O) groups is 1. The van der Waals surface area contributed by atoms with Crippen molar-refractivity contribution in [1.82, 2.24) is 0 Å². The van der Waals surface area contributed by atoms with Gasteiger partial charge in [0.25, 0.3) is 0 Å². The maximum absolute atomic E-state index is 12.0. The Hall–Kier alpha value is -0.120. The smallest absolute Gasteiger partial charge is 0.163 e. The highest BCUT2D eigenvalue weighted by atomic mass is 35.5. The quantitative estimate of drug-likeness (QED) is 0.733. The lowest BCUT2D eigenvalue weighted by Gasteiger charge is -2.40. The summed E-state index contributed by atoms with van der Waals surface area (Å²) >= 11 is 5.83. The van der Waals surface area contributed by atoms with Gasteiger partial charge in [0.2, 0.25) is 0 Å². The van der Waals surface area contributed by atoms with Crippen LogP contribution in [0.3, 0.4) is 0 Å². The number of hydrogen-bond donors (Lipinski definition) is 0. The van der Waals surface area contributed by atoms with Gasteiger partial charge in [-0.05, 0) is 13.8 Å². The van der Waals surface area contributed by atoms with Crippen LogP contribution in [0.25, 0.3) is 0 Å². The lowest BCUT2D eigenvalue weighted by molar-refractivity contribution is -0.294. The molecular formula is C13H23ClO3. The standard InChI is InChI=1S/C13H23ClO3/c1-12(2,3)11(15)7-9-6-10(8-14)17-13(4,5)16-9/h9-10H,6-8H2,1-5H3/t9?,10-/m0/s1. The summed E-state index contributed by atoms with van der Waals surface area (Å²) in [6.07, 6.45) is 1.01. The van der Waals surface area contributed by atoms with E-state index in [2.05, 4.69) is 0 Å². The molecule has 0 aromatic carbocycles. The van der Waals surface area contributed by atoms with Gasteiger partial charge in [-0.3, -0.25) is 4.79 Å². The van der Waals surface area contributed by atoms with E-state index in [4.69, 9.17) is 21.1 Å². The molecule has 0 spiro atoms. The zero-order valence-corrected chi connectivity index (χ0v) is 12.1. The predicted molar refractivity (Wildman–Crippen MR) is 68.2 cm³/mol. The topological polar surface area (TPSA) is 35.5 Å². The number of ketones is 1. The van der Waals surface area contributed by atoms with Crippen LogP contribution in [0.5, 0.6) is 0 Å². The van der Waals surface area contributed by atoms with Crippen molar-refractivity contribution >= 4 is 17.4 Å². The summed E-state index contributed by atoms with van der Waals surface area (Å²) in [4.78, 5) is 12.0. The molecule has 0 aromatic rings. The number of Topliss-reactive ketones (excluding diaryl/α,β-unsaturated/α-hetero) is 1. The normalized spacial score (nSPS) is 29.1. The molecule has 4 heteroatoms. The first-order chi connectivity index (χ1) is 7.64. The molecule has 17 heavy (non-hydrogen) atoms. The molecule has 1 aliphatic heterocycles. The minimum Gasteiger partial charge on any atom is -0.347 e. The summed E-state index contributed by atoms with van der Waals surface area (Å²) in [6, 6.07) is 0. The molecule has 0 aromatic heterocycles. The van der Waals surface area contributed by atoms with E-state index in [-0.39, 0.29) is 23.4 Å². The monoisotopic (exact) mass is 262 g/mol. The second-order valence-corrected chi connectivity index (χ2v) is 6.46. The van der Waals surface area contributed by atoms with E-state index in [0.717, 1.165) is 0 Å². The van der Waals surface area contributed by atoms with Gasteiger partial charge in [0, 0.05) is 24.1 Å². The molecule has 1 fully saturated rings. The maximum atomic E-state index is 12.0. The number of ether oxygens (including phenoxy) is 2. The summed E-state index contributed by atoms with van der Waals surface area (Å²) < 4.78 is 11.4. The van der Waals surface area contributed by atoms with Crippen molar-refractivity contribution < 1.29 is 14.3 Å². The first kappa shape index (κ1) is 14.9. The molecule has 100 valence electrons. The van der Waals surface area contributed by atoms with Gasteiger partial charge in [-0.1, -0.05) is 20.8 Å². The third-order valence-electron chi connectivity index (χ3n) is 2.85. The molecule has 1 heterocycles. The zero-order valence-electron chi connectivity index (χ0n) is 11.4. The fourth-order valence-corrected chi connectivity index (χ4v) is 2.14. The predicted octanol–water partition coefficient (Wildman–Crippen LogP) is 3.14. The van der Waals surface area contributed by atoms with E-state index < -0.39 is 5.79 Å². The van der Waals surface area contributed by atoms with Gasteiger partial charge in [0.15, 0.2) is 5.79 Å². The Balaban J connectivity index is 2.62. The van der Waals surface area contributed by atoms with E-state index in [1.807, 2.05) is 34.6 Å². The van der Waals surface area contributed by atoms with Crippen LogP contribution in [-0.4, -0.2) is 29.7 Å². The summed E-state index contributed by atoms with van der Waals surface area (Å²) in [6.45, 7) is 9.51. The van der Waals surface area contributed by atoms with Crippen molar-refractivity contribution in [1.29, 1.82) is 0 Å². The van der Waals surface area contributed by atoms with E-state index in [0.29, 0.717) is 18.7 Å². The molecule has 1 aliphatic rings. The van der Waals surface area contributed by atoms with Crippen LogP contribution in [0, 0.1) is 5.41 Å². The summed E-state index contributed by atoms with van der Waals surface area (Å²) in [7, 11) is 0. The van der Waals surface area contributed by atoms with Crippen molar-refractivity contribution in [2.24, 2.45) is 5.41 Å². The van der Waals surface area contributed by atoms with Crippen LogP contribution < -0.4 is 0 Å². The van der Waals surface area contributed by atoms with Crippen LogP contribution in [0.2, 0.25) is 0 Å². The van der Waals surface area contributed by atoms with Crippen LogP contribution in [0.1, 0.15) is 47.5 Å². The number of hydrogen-bond acceptors (Lipinski definition) is 3. The molecule has 0 N–H and O–H groups in total. The average Bonchev–Trinajstić information content (AvgIpc) is 2.13. The number of alkyl halides is 1. The molecule has 0 bridgehead atoms. The molecule has 3 nitrogen and oxygen atoms in total. The maximum Gasteiger partial charge on any atom is 0.163 e. The number of halogens is 1. The van der Waals surface area contributed by atoms with Gasteiger partial charge in [0.05, 0.1) is 12.2 Å². The summed E-state index contributed by atoms with van der Waals surface area (Å²) in [5, 5.41) is 0. The molecule has 1 unspecified atom stereocenters. The van der Waals surface area contributed by atoms with Gasteiger partial charge in [-0.25, -0.2) is 0 Å². The van der Waals surface area contributed by atoms with E-state index in [1.54, 1.807) is 0 Å². The van der Waals surface area contributed by atoms with Crippen molar-refractivity contribution in [3.63, 3.8) is 0 Å². The second kappa shape index (κ2) is 5.25. The third-order valence-corrected chi connectivity index (χ3v) is 3.19. The Bertz CT molecular complexity index is 281. The van der Waals surface area contributed by atoms with E-state index in [1.165, 1.54) is 0 Å². The van der Waals surface area contributed by atoms with Crippen LogP contribution in [0.4, 0.5) is 0 Å². The lowest BCUT2D eigenvalue weighted by atomic mass is 9.86. The lowest BCUT2D eigenvalue weighted by Crippen LogP contribution is -2.46. The van der Waals surface area contributed by atoms with Gasteiger partial charge in [-0.2, -0.15) is 0 Å². The molecular weight excluding hydrogens is 240 g/mol. The summed E-state index contributed by atoms with van der Waals surface area (Å²) in [5.74, 6) is 0.00158. The van der Waals surface area contributed by atoms with E-state index >= 15 is 0 Å². The Morgan fingerprint density at radius 3 is 2.29 bits per heavy atom. The largest absolute Gasteiger partial charge is 0.347 e. The fraction of sp³-hybridized carbons (Fsp3) is 0.923. The first-order valence-electron chi connectivity index (χ1n) is 6.09. The Morgan fingerprint density at radius 2 is 1.82 bits per heavy atom. The average molecular weight is 263 g/mol. The third kappa shape index (κ3) is 4.57. The highest BCUT2D eigenvalue weighted by Gasteiger charge is 2.37. The van der Waals surface area contributed by atoms with Crippen molar-refractivity contribution in [3.05, 3.63) is 0 Å². The molecule has 1 saturated heterocycles. The number of rotatable bonds is 3. The van der Waals surface area contributed by atoms with Crippen molar-refractivity contribution in [2.75, 3.05) is 5.88 Å². The molecule has 2 atom stereocenters. The Morgan fingerprint density at radius 1 is 1.29 bits per heavy atom. The zero-order chi connectivity index (χ0) is 13.3. The molecule has 0 radical (unpaired) electrons. The molecule has 0 amide bonds. The van der Waals surface area contributed by atoms with Crippen LogP contribution in [0.15, 0.2) is 0 Å². The van der Waals surface area contributed by atoms with Gasteiger partial charge in [-0.15, -0.1) is 11.6 Å². The molecule has 0 saturated carbocycles. The van der Waals surface area contributed by atoms with Gasteiger partial charge >= 0.3 is 0 Å². The van der Waals surface area contributed by atoms with Crippen molar-refractivity contribution in [3.8, 4) is 0 Å². The number of carbonyl (C=O) groups excluding carboxylic acids is 1. The molecule has 0 aliphatic carbocycles. The highest BCUT2D eigenvalue weighted by Crippen LogP contribution is 2.30. The van der Waals surface area contributed by atoms with Gasteiger partial charge < -0.3 is 9.47 Å². The van der Waals surface area contributed by atoms with E-state index in [9.17, 15) is 4.79 Å². The van der Waals surface area contributed by atoms with Crippen LogP contribution >= 0.6 is 11.6 Å². The second-order valence-electron chi connectivity index (χ2n) is 6.15. The highest BCUT2D eigenvalue weighted by molar-refractivity contribution is 6.18. The minimum absolute atomic E-state index is 0.0295. The summed E-state index contributed by atoms with van der Waals surface area (Å²) in [5.41, 5.74) is -0.317. The SMILES string of the molecule is CC1(C)OC(CC(=O)C(C)(C)C)C[C@@H](CCl)O1. The first-order valence-corrected chi connectivity index (χ1v) is 6.62. The minimum atomic E-state index is -0.652. The van der Waals surface area contributed by atoms with Crippen molar-refractivity contribution in [2.45, 2.75) is 65.5 Å². The van der Waals surface area contributed by atoms with Gasteiger partial charge in [0.1, 0.15) is 5.78 Å². The van der Waals surface area contributed by atoms with Crippen LogP contribution in [-0.2, 0) is 14.3 Å². The Labute approximate surface area is 109 Å². The Kier molecular flexibility index (Phi) is 4.61. The fourth-order valence-electron chi connectivity index (χ4n) is 1.95.